The summed E-state index contributed by atoms with van der Waals surface area (Å²) in [7, 11) is 0. The number of aliphatic carboxylic acids is 1. The zero-order valence-corrected chi connectivity index (χ0v) is 12.5. The summed E-state index contributed by atoms with van der Waals surface area (Å²) in [6.07, 6.45) is 1.87. The Morgan fingerprint density at radius 2 is 1.76 bits per heavy atom. The molecule has 2 N–H and O–H groups in total. The molecular weight excluding hydrogens is 268 g/mol. The van der Waals surface area contributed by atoms with Crippen LogP contribution >= 0.6 is 0 Å². The maximum atomic E-state index is 12.2. The van der Waals surface area contributed by atoms with Gasteiger partial charge in [-0.15, -0.1) is 0 Å². The number of likely N-dealkylation sites (tertiary alicyclic amines) is 1. The molecule has 1 fully saturated rings. The summed E-state index contributed by atoms with van der Waals surface area (Å²) < 4.78 is 0. The standard InChI is InChI=1S/C16H22N2O3/c1-16(2)8-10-18(11-9-16)15(21)17-13(14(19)20)12-6-4-3-5-7-12/h3-7,13H,8-11H2,1-2H3,(H,17,21)(H,19,20). The number of nitrogens with one attached hydrogen (secondary N) is 1. The quantitative estimate of drug-likeness (QED) is 0.899. The third kappa shape index (κ3) is 3.97. The van der Waals surface area contributed by atoms with Crippen LogP contribution in [0.5, 0.6) is 0 Å². The average Bonchev–Trinajstić information content (AvgIpc) is 2.45. The van der Waals surface area contributed by atoms with Gasteiger partial charge in [0.2, 0.25) is 0 Å². The van der Waals surface area contributed by atoms with E-state index in [2.05, 4.69) is 19.2 Å². The Balaban J connectivity index is 2.01. The Hall–Kier alpha value is -2.04. The first kappa shape index (κ1) is 15.4. The van der Waals surface area contributed by atoms with Crippen LogP contribution in [0, 0.1) is 5.41 Å². The first-order chi connectivity index (χ1) is 9.89. The maximum absolute atomic E-state index is 12.2. The average molecular weight is 290 g/mol. The van der Waals surface area contributed by atoms with Gasteiger partial charge in [0.15, 0.2) is 6.04 Å². The smallest absolute Gasteiger partial charge is 0.330 e. The number of benzene rings is 1. The minimum Gasteiger partial charge on any atom is -0.479 e. The Labute approximate surface area is 125 Å². The van der Waals surface area contributed by atoms with Crippen molar-refractivity contribution < 1.29 is 14.7 Å². The molecule has 0 aliphatic carbocycles. The van der Waals surface area contributed by atoms with E-state index in [0.29, 0.717) is 18.7 Å². The number of piperidine rings is 1. The number of carboxylic acid groups (broad SMARTS) is 1. The highest BCUT2D eigenvalue weighted by Crippen LogP contribution is 2.29. The van der Waals surface area contributed by atoms with Gasteiger partial charge >= 0.3 is 12.0 Å². The third-order valence-electron chi connectivity index (χ3n) is 4.05. The first-order valence-electron chi connectivity index (χ1n) is 7.22. The largest absolute Gasteiger partial charge is 0.479 e. The highest BCUT2D eigenvalue weighted by molar-refractivity contribution is 5.83. The van der Waals surface area contributed by atoms with Crippen LogP contribution in [-0.2, 0) is 4.79 Å². The fourth-order valence-corrected chi connectivity index (χ4v) is 2.46. The fourth-order valence-electron chi connectivity index (χ4n) is 2.46. The minimum atomic E-state index is -1.05. The molecule has 21 heavy (non-hydrogen) atoms. The normalized spacial score (nSPS) is 18.9. The zero-order chi connectivity index (χ0) is 15.5. The van der Waals surface area contributed by atoms with Crippen molar-refractivity contribution in [3.63, 3.8) is 0 Å². The summed E-state index contributed by atoms with van der Waals surface area (Å²) in [5.41, 5.74) is 0.832. The van der Waals surface area contributed by atoms with Crippen LogP contribution in [0.15, 0.2) is 30.3 Å². The van der Waals surface area contributed by atoms with E-state index in [4.69, 9.17) is 0 Å². The van der Waals surface area contributed by atoms with Crippen LogP contribution < -0.4 is 5.32 Å². The van der Waals surface area contributed by atoms with Crippen molar-refractivity contribution in [2.24, 2.45) is 5.41 Å². The Morgan fingerprint density at radius 3 is 2.29 bits per heavy atom. The lowest BCUT2D eigenvalue weighted by molar-refractivity contribution is -0.139. The zero-order valence-electron chi connectivity index (χ0n) is 12.5. The van der Waals surface area contributed by atoms with Gasteiger partial charge < -0.3 is 15.3 Å². The van der Waals surface area contributed by atoms with Crippen molar-refractivity contribution in [3.8, 4) is 0 Å². The summed E-state index contributed by atoms with van der Waals surface area (Å²) >= 11 is 0. The molecule has 1 atom stereocenters. The third-order valence-corrected chi connectivity index (χ3v) is 4.05. The summed E-state index contributed by atoms with van der Waals surface area (Å²) in [4.78, 5) is 25.3. The van der Waals surface area contributed by atoms with Crippen LogP contribution in [0.2, 0.25) is 0 Å². The second-order valence-electron chi connectivity index (χ2n) is 6.28. The highest BCUT2D eigenvalue weighted by atomic mass is 16.4. The molecule has 5 nitrogen and oxygen atoms in total. The van der Waals surface area contributed by atoms with E-state index in [1.807, 2.05) is 6.07 Å². The lowest BCUT2D eigenvalue weighted by atomic mass is 9.83. The summed E-state index contributed by atoms with van der Waals surface area (Å²) in [5.74, 6) is -1.05. The van der Waals surface area contributed by atoms with Crippen molar-refractivity contribution >= 4 is 12.0 Å². The molecular formula is C16H22N2O3. The summed E-state index contributed by atoms with van der Waals surface area (Å²) in [6.45, 7) is 5.71. The molecule has 1 aromatic carbocycles. The molecule has 5 heteroatoms. The van der Waals surface area contributed by atoms with Gasteiger partial charge in [0.05, 0.1) is 0 Å². The summed E-state index contributed by atoms with van der Waals surface area (Å²) in [6, 6.07) is 7.45. The van der Waals surface area contributed by atoms with Gasteiger partial charge in [0.25, 0.3) is 0 Å². The molecule has 114 valence electrons. The van der Waals surface area contributed by atoms with E-state index in [9.17, 15) is 14.7 Å². The molecule has 1 saturated heterocycles. The van der Waals surface area contributed by atoms with Gasteiger partial charge in [-0.05, 0) is 23.8 Å². The molecule has 1 aliphatic rings. The molecule has 0 aromatic heterocycles. The van der Waals surface area contributed by atoms with Gasteiger partial charge in [0, 0.05) is 13.1 Å². The Kier molecular flexibility index (Phi) is 4.50. The number of nitrogens with zero attached hydrogens (tertiary/aromatic N) is 1. The highest BCUT2D eigenvalue weighted by Gasteiger charge is 2.30. The first-order valence-corrected chi connectivity index (χ1v) is 7.22. The molecule has 1 aliphatic heterocycles. The number of hydrogen-bond acceptors (Lipinski definition) is 2. The Morgan fingerprint density at radius 1 is 1.19 bits per heavy atom. The number of carbonyl (C=O) groups is 2. The van der Waals surface area contributed by atoms with Crippen molar-refractivity contribution in [2.45, 2.75) is 32.7 Å². The van der Waals surface area contributed by atoms with E-state index >= 15 is 0 Å². The number of rotatable bonds is 3. The molecule has 1 unspecified atom stereocenters. The number of hydrogen-bond donors (Lipinski definition) is 2. The fraction of sp³-hybridized carbons (Fsp3) is 0.500. The van der Waals surface area contributed by atoms with E-state index in [-0.39, 0.29) is 11.4 Å². The number of amides is 2. The lowest BCUT2D eigenvalue weighted by Gasteiger charge is -2.37. The lowest BCUT2D eigenvalue weighted by Crippen LogP contribution is -2.48. The number of urea groups is 1. The molecule has 1 heterocycles. The monoisotopic (exact) mass is 290 g/mol. The second kappa shape index (κ2) is 6.16. The van der Waals surface area contributed by atoms with Gasteiger partial charge in [-0.2, -0.15) is 0 Å². The predicted molar refractivity (Wildman–Crippen MR) is 79.9 cm³/mol. The van der Waals surface area contributed by atoms with E-state index in [0.717, 1.165) is 12.8 Å². The van der Waals surface area contributed by atoms with Gasteiger partial charge in [0.1, 0.15) is 0 Å². The molecule has 2 rings (SSSR count). The van der Waals surface area contributed by atoms with Crippen molar-refractivity contribution in [2.75, 3.05) is 13.1 Å². The molecule has 0 saturated carbocycles. The van der Waals surface area contributed by atoms with E-state index in [1.165, 1.54) is 0 Å². The molecule has 0 bridgehead atoms. The van der Waals surface area contributed by atoms with Crippen LogP contribution in [0.25, 0.3) is 0 Å². The molecule has 1 aromatic rings. The van der Waals surface area contributed by atoms with Gasteiger partial charge in [-0.3, -0.25) is 0 Å². The number of carbonyl (C=O) groups excluding carboxylic acids is 1. The molecule has 2 amide bonds. The second-order valence-corrected chi connectivity index (χ2v) is 6.28. The minimum absolute atomic E-state index is 0.252. The SMILES string of the molecule is CC1(C)CCN(C(=O)NC(C(=O)O)c2ccccc2)CC1. The van der Waals surface area contributed by atoms with Crippen molar-refractivity contribution in [1.29, 1.82) is 0 Å². The van der Waals surface area contributed by atoms with Crippen LogP contribution in [-0.4, -0.2) is 35.1 Å². The van der Waals surface area contributed by atoms with Crippen LogP contribution in [0.3, 0.4) is 0 Å². The molecule has 0 radical (unpaired) electrons. The van der Waals surface area contributed by atoms with Crippen LogP contribution in [0.1, 0.15) is 38.3 Å². The van der Waals surface area contributed by atoms with Gasteiger partial charge in [-0.1, -0.05) is 44.2 Å². The predicted octanol–water partition coefficient (Wildman–Crippen LogP) is 2.64. The van der Waals surface area contributed by atoms with Crippen molar-refractivity contribution in [3.05, 3.63) is 35.9 Å². The van der Waals surface area contributed by atoms with E-state index in [1.54, 1.807) is 29.2 Å². The number of carboxylic acids is 1. The van der Waals surface area contributed by atoms with Crippen LogP contribution in [0.4, 0.5) is 4.79 Å². The summed E-state index contributed by atoms with van der Waals surface area (Å²) in [5, 5.41) is 11.9. The molecule has 0 spiro atoms. The van der Waals surface area contributed by atoms with E-state index < -0.39 is 12.0 Å². The van der Waals surface area contributed by atoms with Gasteiger partial charge in [-0.25, -0.2) is 9.59 Å². The Bertz CT molecular complexity index is 504. The topological polar surface area (TPSA) is 69.6 Å². The maximum Gasteiger partial charge on any atom is 0.330 e. The van der Waals surface area contributed by atoms with Crippen molar-refractivity contribution in [1.82, 2.24) is 10.2 Å².